The van der Waals surface area contributed by atoms with Gasteiger partial charge >= 0.3 is 0 Å². The number of amides is 1. The highest BCUT2D eigenvalue weighted by atomic mass is 16.1. The summed E-state index contributed by atoms with van der Waals surface area (Å²) in [4.78, 5) is 11.3. The average molecular weight is 288 g/mol. The number of nitrogens with zero attached hydrogens (tertiary/aromatic N) is 4. The van der Waals surface area contributed by atoms with Gasteiger partial charge in [0.25, 0.3) is 0 Å². The highest BCUT2D eigenvalue weighted by molar-refractivity contribution is 5.75. The normalized spacial score (nSPS) is 10.4. The van der Waals surface area contributed by atoms with Crippen molar-refractivity contribution in [3.05, 3.63) is 30.1 Å². The van der Waals surface area contributed by atoms with Gasteiger partial charge in [0.15, 0.2) is 5.82 Å². The van der Waals surface area contributed by atoms with Gasteiger partial charge in [-0.2, -0.15) is 5.10 Å². The predicted molar refractivity (Wildman–Crippen MR) is 80.3 cm³/mol. The van der Waals surface area contributed by atoms with Gasteiger partial charge < -0.3 is 10.6 Å². The van der Waals surface area contributed by atoms with Crippen LogP contribution in [0.3, 0.4) is 0 Å². The van der Waals surface area contributed by atoms with E-state index >= 15 is 0 Å². The zero-order valence-corrected chi connectivity index (χ0v) is 12.3. The minimum atomic E-state index is 0.0785. The summed E-state index contributed by atoms with van der Waals surface area (Å²) in [5, 5.41) is 18.4. The van der Waals surface area contributed by atoms with Crippen molar-refractivity contribution in [2.75, 3.05) is 18.4 Å². The van der Waals surface area contributed by atoms with E-state index in [0.29, 0.717) is 31.1 Å². The fourth-order valence-corrected chi connectivity index (χ4v) is 1.79. The van der Waals surface area contributed by atoms with Crippen LogP contribution < -0.4 is 10.6 Å². The van der Waals surface area contributed by atoms with E-state index in [0.717, 1.165) is 12.1 Å². The monoisotopic (exact) mass is 288 g/mol. The minimum absolute atomic E-state index is 0.0785. The minimum Gasteiger partial charge on any atom is -0.367 e. The smallest absolute Gasteiger partial charge is 0.220 e. The molecule has 0 aliphatic carbocycles. The summed E-state index contributed by atoms with van der Waals surface area (Å²) in [6.07, 6.45) is 3.27. The Balaban J connectivity index is 1.79. The van der Waals surface area contributed by atoms with Gasteiger partial charge in [-0.05, 0) is 31.5 Å². The first-order chi connectivity index (χ1) is 10.2. The number of carbonyl (C=O) groups is 1. The summed E-state index contributed by atoms with van der Waals surface area (Å²) in [6, 6.07) is 5.59. The third-order valence-electron chi connectivity index (χ3n) is 2.84. The fraction of sp³-hybridized carbons (Fsp3) is 0.429. The summed E-state index contributed by atoms with van der Waals surface area (Å²) >= 11 is 0. The Morgan fingerprint density at radius 2 is 2.10 bits per heavy atom. The molecule has 0 spiro atoms. The van der Waals surface area contributed by atoms with Gasteiger partial charge in [0.05, 0.1) is 5.69 Å². The van der Waals surface area contributed by atoms with Crippen molar-refractivity contribution in [2.45, 2.75) is 26.7 Å². The number of aryl methyl sites for hydroxylation is 1. The number of anilines is 1. The predicted octanol–water partition coefficient (Wildman–Crippen LogP) is 1.30. The molecule has 0 unspecified atom stereocenters. The maximum Gasteiger partial charge on any atom is 0.220 e. The molecule has 0 saturated carbocycles. The van der Waals surface area contributed by atoms with Crippen molar-refractivity contribution in [1.82, 2.24) is 25.3 Å². The SMILES string of the molecule is CCCC(=O)NCCNc1ccc(-n2ccc(C)n2)nn1. The first-order valence-electron chi connectivity index (χ1n) is 7.06. The Labute approximate surface area is 123 Å². The Kier molecular flexibility index (Phi) is 5.25. The van der Waals surface area contributed by atoms with Gasteiger partial charge in [0, 0.05) is 25.7 Å². The van der Waals surface area contributed by atoms with Crippen LogP contribution in [0.4, 0.5) is 5.82 Å². The van der Waals surface area contributed by atoms with Crippen molar-refractivity contribution in [2.24, 2.45) is 0 Å². The van der Waals surface area contributed by atoms with Crippen LogP contribution in [-0.4, -0.2) is 39.0 Å². The van der Waals surface area contributed by atoms with Gasteiger partial charge in [0.1, 0.15) is 5.82 Å². The molecule has 0 radical (unpaired) electrons. The van der Waals surface area contributed by atoms with E-state index in [1.165, 1.54) is 0 Å². The molecule has 1 amide bonds. The average Bonchev–Trinajstić information content (AvgIpc) is 2.91. The third kappa shape index (κ3) is 4.55. The quantitative estimate of drug-likeness (QED) is 0.750. The van der Waals surface area contributed by atoms with Gasteiger partial charge in [-0.1, -0.05) is 6.92 Å². The number of aromatic nitrogens is 4. The van der Waals surface area contributed by atoms with Crippen LogP contribution in [0.2, 0.25) is 0 Å². The second kappa shape index (κ2) is 7.37. The molecule has 0 saturated heterocycles. The first kappa shape index (κ1) is 15.0. The molecule has 2 aromatic heterocycles. The molecule has 2 rings (SSSR count). The second-order valence-corrected chi connectivity index (χ2v) is 4.71. The standard InChI is InChI=1S/C14H20N6O/c1-3-4-14(21)16-9-8-15-12-5-6-13(18-17-12)20-10-7-11(2)19-20/h5-7,10H,3-4,8-9H2,1-2H3,(H,15,17)(H,16,21). The molecule has 2 heterocycles. The van der Waals surface area contributed by atoms with E-state index < -0.39 is 0 Å². The van der Waals surface area contributed by atoms with Crippen LogP contribution in [0.1, 0.15) is 25.5 Å². The van der Waals surface area contributed by atoms with Gasteiger partial charge in [-0.25, -0.2) is 4.68 Å². The Bertz CT molecular complexity index is 577. The highest BCUT2D eigenvalue weighted by Gasteiger charge is 2.02. The fourth-order valence-electron chi connectivity index (χ4n) is 1.79. The van der Waals surface area contributed by atoms with E-state index in [2.05, 4.69) is 25.9 Å². The van der Waals surface area contributed by atoms with Crippen LogP contribution in [0.5, 0.6) is 0 Å². The summed E-state index contributed by atoms with van der Waals surface area (Å²) in [5.41, 5.74) is 0.932. The lowest BCUT2D eigenvalue weighted by Gasteiger charge is -2.07. The van der Waals surface area contributed by atoms with Crippen LogP contribution in [0.25, 0.3) is 5.82 Å². The lowest BCUT2D eigenvalue weighted by Crippen LogP contribution is -2.28. The second-order valence-electron chi connectivity index (χ2n) is 4.71. The number of nitrogens with one attached hydrogen (secondary N) is 2. The maximum absolute atomic E-state index is 11.3. The van der Waals surface area contributed by atoms with Crippen molar-refractivity contribution >= 4 is 11.7 Å². The number of hydrogen-bond acceptors (Lipinski definition) is 5. The molecule has 2 aromatic rings. The van der Waals surface area contributed by atoms with Crippen LogP contribution >= 0.6 is 0 Å². The maximum atomic E-state index is 11.3. The largest absolute Gasteiger partial charge is 0.367 e. The summed E-state index contributed by atoms with van der Waals surface area (Å²) in [6.45, 7) is 5.09. The molecule has 0 bridgehead atoms. The Hall–Kier alpha value is -2.44. The Morgan fingerprint density at radius 1 is 1.24 bits per heavy atom. The molecule has 0 atom stereocenters. The molecule has 7 nitrogen and oxygen atoms in total. The molecular formula is C14H20N6O. The summed E-state index contributed by atoms with van der Waals surface area (Å²) < 4.78 is 1.68. The van der Waals surface area contributed by atoms with Crippen molar-refractivity contribution < 1.29 is 4.79 Å². The molecule has 2 N–H and O–H groups in total. The lowest BCUT2D eigenvalue weighted by atomic mass is 10.3. The highest BCUT2D eigenvalue weighted by Crippen LogP contribution is 2.06. The number of carbonyl (C=O) groups excluding carboxylic acids is 1. The molecule has 0 fully saturated rings. The first-order valence-corrected chi connectivity index (χ1v) is 7.06. The molecule has 0 aromatic carbocycles. The van der Waals surface area contributed by atoms with E-state index in [1.807, 2.05) is 38.2 Å². The Morgan fingerprint density at radius 3 is 2.71 bits per heavy atom. The lowest BCUT2D eigenvalue weighted by molar-refractivity contribution is -0.121. The van der Waals surface area contributed by atoms with Crippen LogP contribution in [0.15, 0.2) is 24.4 Å². The summed E-state index contributed by atoms with van der Waals surface area (Å²) in [5.74, 6) is 1.42. The van der Waals surface area contributed by atoms with E-state index in [-0.39, 0.29) is 5.91 Å². The summed E-state index contributed by atoms with van der Waals surface area (Å²) in [7, 11) is 0. The van der Waals surface area contributed by atoms with Gasteiger partial charge in [0.2, 0.25) is 5.91 Å². The molecular weight excluding hydrogens is 268 g/mol. The molecule has 0 aliphatic rings. The van der Waals surface area contributed by atoms with E-state index in [4.69, 9.17) is 0 Å². The third-order valence-corrected chi connectivity index (χ3v) is 2.84. The van der Waals surface area contributed by atoms with Gasteiger partial charge in [-0.3, -0.25) is 4.79 Å². The molecule has 7 heteroatoms. The van der Waals surface area contributed by atoms with E-state index in [9.17, 15) is 4.79 Å². The number of rotatable bonds is 7. The zero-order chi connectivity index (χ0) is 15.1. The number of hydrogen-bond donors (Lipinski definition) is 2. The van der Waals surface area contributed by atoms with Crippen LogP contribution in [0, 0.1) is 6.92 Å². The molecule has 21 heavy (non-hydrogen) atoms. The van der Waals surface area contributed by atoms with Crippen LogP contribution in [-0.2, 0) is 4.79 Å². The zero-order valence-electron chi connectivity index (χ0n) is 12.3. The van der Waals surface area contributed by atoms with Crippen molar-refractivity contribution in [3.8, 4) is 5.82 Å². The van der Waals surface area contributed by atoms with Crippen molar-refractivity contribution in [3.63, 3.8) is 0 Å². The van der Waals surface area contributed by atoms with E-state index in [1.54, 1.807) is 4.68 Å². The van der Waals surface area contributed by atoms with Gasteiger partial charge in [-0.15, -0.1) is 10.2 Å². The van der Waals surface area contributed by atoms with Crippen molar-refractivity contribution in [1.29, 1.82) is 0 Å². The molecule has 0 aliphatic heterocycles. The molecule has 112 valence electrons. The topological polar surface area (TPSA) is 84.7 Å².